The van der Waals surface area contributed by atoms with Gasteiger partial charge in [-0.05, 0) is 35.2 Å². The van der Waals surface area contributed by atoms with E-state index in [0.29, 0.717) is 6.04 Å². The Kier molecular flexibility index (Phi) is 3.01. The normalized spacial score (nSPS) is 16.4. The van der Waals surface area contributed by atoms with Crippen LogP contribution in [0.25, 0.3) is 0 Å². The van der Waals surface area contributed by atoms with E-state index in [-0.39, 0.29) is 0 Å². The fraction of sp³-hybridized carbons (Fsp3) is 0.600. The number of nitrogens with zero attached hydrogens (tertiary/aromatic N) is 2. The van der Waals surface area contributed by atoms with Gasteiger partial charge in [-0.2, -0.15) is 0 Å². The highest BCUT2D eigenvalue weighted by Gasteiger charge is 2.17. The molecule has 1 aromatic rings. The third kappa shape index (κ3) is 2.23. The van der Waals surface area contributed by atoms with Crippen molar-refractivity contribution >= 4 is 21.7 Å². The molecule has 1 aliphatic rings. The number of halogens is 1. The predicted molar refractivity (Wildman–Crippen MR) is 60.4 cm³/mol. The number of rotatable bonds is 3. The lowest BCUT2D eigenvalue weighted by Gasteiger charge is -2.27. The Labute approximate surface area is 92.5 Å². The van der Waals surface area contributed by atoms with Crippen LogP contribution in [0.3, 0.4) is 0 Å². The third-order valence-corrected chi connectivity index (χ3v) is 2.92. The molecule has 1 aliphatic carbocycles. The van der Waals surface area contributed by atoms with Crippen molar-refractivity contribution in [3.05, 3.63) is 16.5 Å². The van der Waals surface area contributed by atoms with Gasteiger partial charge in [-0.3, -0.25) is 0 Å². The molecule has 4 heteroatoms. The summed E-state index contributed by atoms with van der Waals surface area (Å²) >= 11 is 3.39. The van der Waals surface area contributed by atoms with Crippen LogP contribution in [0.2, 0.25) is 0 Å². The molecular formula is C10H14BrN3. The Bertz CT molecular complexity index is 323. The van der Waals surface area contributed by atoms with Crippen LogP contribution in [-0.4, -0.2) is 16.0 Å². The largest absolute Gasteiger partial charge is 0.367 e. The molecule has 1 heterocycles. The van der Waals surface area contributed by atoms with Crippen molar-refractivity contribution in [2.75, 3.05) is 5.32 Å². The Morgan fingerprint density at radius 2 is 2.29 bits per heavy atom. The van der Waals surface area contributed by atoms with Crippen LogP contribution in [0.5, 0.6) is 0 Å². The molecule has 1 fully saturated rings. The third-order valence-electron chi connectivity index (χ3n) is 2.51. The van der Waals surface area contributed by atoms with Crippen LogP contribution in [-0.2, 0) is 6.42 Å². The highest BCUT2D eigenvalue weighted by molar-refractivity contribution is 9.10. The van der Waals surface area contributed by atoms with Crippen molar-refractivity contribution in [1.29, 1.82) is 0 Å². The van der Waals surface area contributed by atoms with E-state index in [2.05, 4.69) is 38.1 Å². The first-order valence-electron chi connectivity index (χ1n) is 5.08. The molecule has 1 aromatic heterocycles. The van der Waals surface area contributed by atoms with E-state index >= 15 is 0 Å². The highest BCUT2D eigenvalue weighted by atomic mass is 79.9. The lowest BCUT2D eigenvalue weighted by atomic mass is 9.93. The zero-order valence-electron chi connectivity index (χ0n) is 8.26. The minimum absolute atomic E-state index is 0.626. The molecule has 3 nitrogen and oxygen atoms in total. The summed E-state index contributed by atoms with van der Waals surface area (Å²) in [7, 11) is 0. The summed E-state index contributed by atoms with van der Waals surface area (Å²) in [5.41, 5.74) is 0. The van der Waals surface area contributed by atoms with Crippen LogP contribution in [0.15, 0.2) is 10.7 Å². The quantitative estimate of drug-likeness (QED) is 0.845. The number of aromatic nitrogens is 2. The molecule has 0 unspecified atom stereocenters. The van der Waals surface area contributed by atoms with Gasteiger partial charge in [0.1, 0.15) is 16.2 Å². The fourth-order valence-corrected chi connectivity index (χ4v) is 1.88. The summed E-state index contributed by atoms with van der Waals surface area (Å²) in [6, 6.07) is 2.57. The van der Waals surface area contributed by atoms with Crippen molar-refractivity contribution in [3.63, 3.8) is 0 Å². The zero-order chi connectivity index (χ0) is 9.97. The van der Waals surface area contributed by atoms with Crippen molar-refractivity contribution < 1.29 is 0 Å². The average Bonchev–Trinajstić information content (AvgIpc) is 2.10. The number of hydrogen-bond acceptors (Lipinski definition) is 3. The highest BCUT2D eigenvalue weighted by Crippen LogP contribution is 2.23. The van der Waals surface area contributed by atoms with E-state index in [1.807, 2.05) is 6.07 Å². The van der Waals surface area contributed by atoms with Crippen molar-refractivity contribution in [3.8, 4) is 0 Å². The molecule has 1 N–H and O–H groups in total. The molecule has 0 aromatic carbocycles. The van der Waals surface area contributed by atoms with Crippen molar-refractivity contribution in [2.24, 2.45) is 0 Å². The van der Waals surface area contributed by atoms with Gasteiger partial charge in [0.2, 0.25) is 0 Å². The fourth-order valence-electron chi connectivity index (χ4n) is 1.46. The van der Waals surface area contributed by atoms with Gasteiger partial charge in [0.05, 0.1) is 0 Å². The van der Waals surface area contributed by atoms with Gasteiger partial charge in [-0.15, -0.1) is 0 Å². The molecule has 1 saturated carbocycles. The van der Waals surface area contributed by atoms with E-state index in [4.69, 9.17) is 0 Å². The number of nitrogens with one attached hydrogen (secondary N) is 1. The minimum Gasteiger partial charge on any atom is -0.367 e. The Balaban J connectivity index is 2.11. The van der Waals surface area contributed by atoms with Crippen LogP contribution in [0.4, 0.5) is 5.82 Å². The van der Waals surface area contributed by atoms with E-state index in [9.17, 15) is 0 Å². The minimum atomic E-state index is 0.626. The molecule has 76 valence electrons. The summed E-state index contributed by atoms with van der Waals surface area (Å²) in [5.74, 6) is 1.84. The van der Waals surface area contributed by atoms with Gasteiger partial charge >= 0.3 is 0 Å². The van der Waals surface area contributed by atoms with Crippen LogP contribution in [0, 0.1) is 0 Å². The monoisotopic (exact) mass is 255 g/mol. The summed E-state index contributed by atoms with van der Waals surface area (Å²) in [5, 5.41) is 3.41. The lowest BCUT2D eigenvalue weighted by Crippen LogP contribution is -2.27. The molecule has 0 spiro atoms. The van der Waals surface area contributed by atoms with Gasteiger partial charge in [-0.1, -0.05) is 6.92 Å². The average molecular weight is 256 g/mol. The number of aryl methyl sites for hydroxylation is 1. The number of hydrogen-bond donors (Lipinski definition) is 1. The maximum atomic E-state index is 4.42. The second-order valence-corrected chi connectivity index (χ2v) is 4.43. The van der Waals surface area contributed by atoms with E-state index in [0.717, 1.165) is 22.7 Å². The lowest BCUT2D eigenvalue weighted by molar-refractivity contribution is 0.444. The van der Waals surface area contributed by atoms with Gasteiger partial charge in [0.25, 0.3) is 0 Å². The SMILES string of the molecule is CCc1nc(Br)cc(NC2CCC2)n1. The maximum Gasteiger partial charge on any atom is 0.131 e. The summed E-state index contributed by atoms with van der Waals surface area (Å²) in [6.07, 6.45) is 4.75. The Morgan fingerprint density at radius 3 is 2.86 bits per heavy atom. The molecule has 14 heavy (non-hydrogen) atoms. The van der Waals surface area contributed by atoms with Crippen molar-refractivity contribution in [1.82, 2.24) is 9.97 Å². The molecule has 0 bridgehead atoms. The van der Waals surface area contributed by atoms with Crippen molar-refractivity contribution in [2.45, 2.75) is 38.6 Å². The van der Waals surface area contributed by atoms with Gasteiger partial charge < -0.3 is 5.32 Å². The predicted octanol–water partition coefficient (Wildman–Crippen LogP) is 2.77. The molecule has 0 aliphatic heterocycles. The first kappa shape index (κ1) is 9.90. The van der Waals surface area contributed by atoms with E-state index < -0.39 is 0 Å². The standard InChI is InChI=1S/C10H14BrN3/c1-2-9-13-8(11)6-10(14-9)12-7-4-3-5-7/h6-7H,2-5H2,1H3,(H,12,13,14). The molecule has 0 atom stereocenters. The second-order valence-electron chi connectivity index (χ2n) is 3.62. The van der Waals surface area contributed by atoms with Crippen LogP contribution in [0.1, 0.15) is 32.0 Å². The smallest absolute Gasteiger partial charge is 0.131 e. The van der Waals surface area contributed by atoms with E-state index in [1.165, 1.54) is 19.3 Å². The molecule has 0 radical (unpaired) electrons. The topological polar surface area (TPSA) is 37.8 Å². The maximum absolute atomic E-state index is 4.42. The summed E-state index contributed by atoms with van der Waals surface area (Å²) in [6.45, 7) is 2.06. The summed E-state index contributed by atoms with van der Waals surface area (Å²) < 4.78 is 0.867. The summed E-state index contributed by atoms with van der Waals surface area (Å²) in [4.78, 5) is 8.69. The number of anilines is 1. The molecule has 2 rings (SSSR count). The van der Waals surface area contributed by atoms with Gasteiger partial charge in [0.15, 0.2) is 0 Å². The first-order valence-corrected chi connectivity index (χ1v) is 5.87. The zero-order valence-corrected chi connectivity index (χ0v) is 9.84. The van der Waals surface area contributed by atoms with Crippen LogP contribution < -0.4 is 5.32 Å². The van der Waals surface area contributed by atoms with Crippen LogP contribution >= 0.6 is 15.9 Å². The molecule has 0 saturated heterocycles. The van der Waals surface area contributed by atoms with Gasteiger partial charge in [-0.25, -0.2) is 9.97 Å². The molecular weight excluding hydrogens is 242 g/mol. The Hall–Kier alpha value is -0.640. The van der Waals surface area contributed by atoms with E-state index in [1.54, 1.807) is 0 Å². The Morgan fingerprint density at radius 1 is 1.50 bits per heavy atom. The first-order chi connectivity index (χ1) is 6.78. The second kappa shape index (κ2) is 4.26. The van der Waals surface area contributed by atoms with Gasteiger partial charge in [0, 0.05) is 18.5 Å². The molecule has 0 amide bonds.